The molecule has 4 aromatic rings. The molecule has 1 saturated heterocycles. The van der Waals surface area contributed by atoms with E-state index in [0.717, 1.165) is 33.6 Å². The number of aliphatic hydroxyl groups is 1. The number of carbonyl (C=O) groups is 1. The third kappa shape index (κ3) is 10.00. The van der Waals surface area contributed by atoms with Gasteiger partial charge in [0.1, 0.15) is 42.1 Å². The molecule has 1 atom stereocenters. The van der Waals surface area contributed by atoms with Gasteiger partial charge in [-0.3, -0.25) is 20.0 Å². The first-order valence-corrected chi connectivity index (χ1v) is 17.6. The van der Waals surface area contributed by atoms with Gasteiger partial charge < -0.3 is 24.4 Å². The molecule has 5 rings (SSSR count). The third-order valence-electron chi connectivity index (χ3n) is 9.42. The molecule has 0 radical (unpaired) electrons. The second-order valence-corrected chi connectivity index (χ2v) is 13.8. The summed E-state index contributed by atoms with van der Waals surface area (Å²) in [6.45, 7) is 6.19. The van der Waals surface area contributed by atoms with Crippen molar-refractivity contribution in [2.45, 2.75) is 64.8 Å². The van der Waals surface area contributed by atoms with Crippen LogP contribution in [0.3, 0.4) is 0 Å². The first kappa shape index (κ1) is 39.4. The average Bonchev–Trinajstić information content (AvgIpc) is 3.50. The molecule has 0 aliphatic carbocycles. The van der Waals surface area contributed by atoms with Crippen LogP contribution in [0.25, 0.3) is 11.1 Å². The van der Waals surface area contributed by atoms with Crippen LogP contribution in [0.1, 0.15) is 53.1 Å². The van der Waals surface area contributed by atoms with E-state index in [1.807, 2.05) is 50.2 Å². The summed E-state index contributed by atoms with van der Waals surface area (Å²) in [5.41, 5.74) is 4.83. The Morgan fingerprint density at radius 3 is 2.45 bits per heavy atom. The van der Waals surface area contributed by atoms with Crippen LogP contribution in [-0.4, -0.2) is 70.4 Å². The van der Waals surface area contributed by atoms with E-state index in [-0.39, 0.29) is 37.7 Å². The van der Waals surface area contributed by atoms with E-state index in [1.165, 1.54) is 13.1 Å². The fourth-order valence-corrected chi connectivity index (χ4v) is 6.30. The maximum atomic E-state index is 13.5. The Labute approximate surface area is 312 Å². The van der Waals surface area contributed by atoms with Gasteiger partial charge in [-0.1, -0.05) is 41.9 Å². The number of hydrogen-bond donors (Lipinski definition) is 3. The Balaban J connectivity index is 1.31. The molecule has 10 nitrogen and oxygen atoms in total. The second-order valence-electron chi connectivity index (χ2n) is 13.4. The molecule has 3 aromatic carbocycles. The first-order valence-electron chi connectivity index (χ1n) is 17.3. The number of pyridine rings is 1. The summed E-state index contributed by atoms with van der Waals surface area (Å²) >= 11 is 6.71. The Morgan fingerprint density at radius 2 is 1.75 bits per heavy atom. The van der Waals surface area contributed by atoms with Crippen molar-refractivity contribution in [1.82, 2.24) is 15.2 Å². The molecule has 3 N–H and O–H groups in total. The number of aliphatic hydroxyl groups excluding tert-OH is 1. The number of carboxylic acid groups (broad SMARTS) is 1. The van der Waals surface area contributed by atoms with Crippen LogP contribution in [0.15, 0.2) is 67.0 Å². The third-order valence-corrected chi connectivity index (χ3v) is 9.71. The minimum atomic E-state index is -2.60. The van der Waals surface area contributed by atoms with Crippen LogP contribution in [0.2, 0.25) is 5.02 Å². The Bertz CT molecular complexity index is 1970. The standard InChI is InChI=1S/C40H43ClF2N4O6/c1-26-30(7-4-8-32(26)33-9-5-10-35(27(33)2)51-14-6-12-47-13-11-40(42,43)24-47)23-53-37-17-36(52-22-29-15-28(18-44)19-45-20-29)31(16-34(37)41)21-46-39(3,25-48)38(49)50/h4-5,7-10,15-17,19-20,46,48H,6,11-14,21-25H2,1-3H3,(H,49,50). The molecule has 1 aliphatic heterocycles. The highest BCUT2D eigenvalue weighted by atomic mass is 35.5. The predicted octanol–water partition coefficient (Wildman–Crippen LogP) is 7.08. The minimum Gasteiger partial charge on any atom is -0.493 e. The second kappa shape index (κ2) is 17.4. The Hall–Kier alpha value is -4.80. The van der Waals surface area contributed by atoms with Crippen LogP contribution < -0.4 is 19.5 Å². The van der Waals surface area contributed by atoms with Gasteiger partial charge in [0.2, 0.25) is 0 Å². The van der Waals surface area contributed by atoms with E-state index < -0.39 is 24.0 Å². The molecule has 1 aliphatic rings. The van der Waals surface area contributed by atoms with Crippen LogP contribution in [0.5, 0.6) is 17.2 Å². The molecule has 0 spiro atoms. The van der Waals surface area contributed by atoms with Crippen molar-refractivity contribution in [3.63, 3.8) is 0 Å². The number of nitrogens with zero attached hydrogens (tertiary/aromatic N) is 3. The fourth-order valence-electron chi connectivity index (χ4n) is 6.06. The van der Waals surface area contributed by atoms with Crippen molar-refractivity contribution in [2.24, 2.45) is 0 Å². The van der Waals surface area contributed by atoms with Crippen LogP contribution in [-0.2, 0) is 24.6 Å². The summed E-state index contributed by atoms with van der Waals surface area (Å²) in [6, 6.07) is 18.8. The van der Waals surface area contributed by atoms with Gasteiger partial charge in [-0.2, -0.15) is 5.26 Å². The number of aliphatic carboxylic acids is 1. The number of hydrogen-bond acceptors (Lipinski definition) is 9. The number of aromatic nitrogens is 1. The SMILES string of the molecule is Cc1c(COc2cc(OCc3cncc(C#N)c3)c(CNC(C)(CO)C(=O)O)cc2Cl)cccc1-c1cccc(OCCCN2CCC(F)(F)C2)c1C. The lowest BCUT2D eigenvalue weighted by molar-refractivity contribution is -0.145. The maximum Gasteiger partial charge on any atom is 0.326 e. The van der Waals surface area contributed by atoms with Crippen molar-refractivity contribution in [3.8, 4) is 34.4 Å². The molecular formula is C40H43ClF2N4O6. The van der Waals surface area contributed by atoms with E-state index >= 15 is 0 Å². The van der Waals surface area contributed by atoms with Crippen LogP contribution >= 0.6 is 11.6 Å². The number of rotatable bonds is 17. The van der Waals surface area contributed by atoms with Crippen molar-refractivity contribution in [3.05, 3.63) is 105 Å². The number of alkyl halides is 2. The zero-order chi connectivity index (χ0) is 38.2. The average molecular weight is 749 g/mol. The smallest absolute Gasteiger partial charge is 0.326 e. The summed E-state index contributed by atoms with van der Waals surface area (Å²) in [4.78, 5) is 17.7. The van der Waals surface area contributed by atoms with Gasteiger partial charge in [0.05, 0.1) is 30.3 Å². The molecule has 53 heavy (non-hydrogen) atoms. The van der Waals surface area contributed by atoms with Crippen molar-refractivity contribution >= 4 is 17.6 Å². The lowest BCUT2D eigenvalue weighted by atomic mass is 9.93. The van der Waals surface area contributed by atoms with Gasteiger partial charge in [-0.25, -0.2) is 8.78 Å². The molecule has 1 unspecified atom stereocenters. The van der Waals surface area contributed by atoms with Gasteiger partial charge in [-0.05, 0) is 73.2 Å². The molecule has 0 bridgehead atoms. The molecule has 2 heterocycles. The minimum absolute atomic E-state index is 0.00974. The predicted molar refractivity (Wildman–Crippen MR) is 197 cm³/mol. The summed E-state index contributed by atoms with van der Waals surface area (Å²) in [5, 5.41) is 31.8. The van der Waals surface area contributed by atoms with Crippen LogP contribution in [0, 0.1) is 25.2 Å². The number of carboxylic acids is 1. The lowest BCUT2D eigenvalue weighted by Crippen LogP contribution is -2.52. The summed E-state index contributed by atoms with van der Waals surface area (Å²) in [5.74, 6) is -2.38. The van der Waals surface area contributed by atoms with Gasteiger partial charge in [-0.15, -0.1) is 0 Å². The molecule has 1 fully saturated rings. The highest BCUT2D eigenvalue weighted by Crippen LogP contribution is 2.37. The van der Waals surface area contributed by atoms with Gasteiger partial charge in [0.15, 0.2) is 0 Å². The number of ether oxygens (including phenoxy) is 3. The number of nitriles is 1. The van der Waals surface area contributed by atoms with E-state index in [0.29, 0.717) is 54.3 Å². The Morgan fingerprint density at radius 1 is 1.02 bits per heavy atom. The van der Waals surface area contributed by atoms with Gasteiger partial charge >= 0.3 is 5.97 Å². The maximum absolute atomic E-state index is 13.5. The highest BCUT2D eigenvalue weighted by molar-refractivity contribution is 6.32. The Kier molecular flexibility index (Phi) is 12.9. The summed E-state index contributed by atoms with van der Waals surface area (Å²) in [7, 11) is 0. The van der Waals surface area contributed by atoms with Gasteiger partial charge in [0.25, 0.3) is 5.92 Å². The zero-order valence-corrected chi connectivity index (χ0v) is 30.7. The number of benzene rings is 3. The van der Waals surface area contributed by atoms with E-state index in [2.05, 4.69) is 16.4 Å². The van der Waals surface area contributed by atoms with E-state index in [9.17, 15) is 29.1 Å². The number of nitrogens with one attached hydrogen (secondary N) is 1. The molecular weight excluding hydrogens is 706 g/mol. The molecule has 0 saturated carbocycles. The first-order chi connectivity index (χ1) is 25.3. The lowest BCUT2D eigenvalue weighted by Gasteiger charge is -2.25. The molecule has 280 valence electrons. The van der Waals surface area contributed by atoms with Crippen molar-refractivity contribution < 1.29 is 38.0 Å². The highest BCUT2D eigenvalue weighted by Gasteiger charge is 2.37. The van der Waals surface area contributed by atoms with Crippen molar-refractivity contribution in [2.75, 3.05) is 32.8 Å². The molecule has 13 heteroatoms. The van der Waals surface area contributed by atoms with Gasteiger partial charge in [0, 0.05) is 55.6 Å². The zero-order valence-electron chi connectivity index (χ0n) is 29.9. The fraction of sp³-hybridized carbons (Fsp3) is 0.375. The molecule has 0 amide bonds. The van der Waals surface area contributed by atoms with E-state index in [1.54, 1.807) is 29.3 Å². The largest absolute Gasteiger partial charge is 0.493 e. The number of halogens is 3. The topological polar surface area (TPSA) is 137 Å². The quantitative estimate of drug-likeness (QED) is 0.0961. The van der Waals surface area contributed by atoms with Crippen LogP contribution in [0.4, 0.5) is 8.78 Å². The summed E-state index contributed by atoms with van der Waals surface area (Å²) < 4.78 is 45.6. The molecule has 1 aromatic heterocycles. The van der Waals surface area contributed by atoms with Crippen molar-refractivity contribution in [1.29, 1.82) is 5.26 Å². The number of likely N-dealkylation sites (tertiary alicyclic amines) is 1. The van der Waals surface area contributed by atoms with E-state index in [4.69, 9.17) is 25.8 Å². The summed E-state index contributed by atoms with van der Waals surface area (Å²) in [6.07, 6.45) is 3.59. The monoisotopic (exact) mass is 748 g/mol. The normalized spacial score (nSPS) is 15.1.